The molecule has 1 unspecified atom stereocenters. The number of thiazole rings is 1. The fourth-order valence-electron chi connectivity index (χ4n) is 1.13. The van der Waals surface area contributed by atoms with Crippen LogP contribution in [-0.2, 0) is 6.42 Å². The molecule has 0 saturated heterocycles. The first-order valence-corrected chi connectivity index (χ1v) is 5.63. The van der Waals surface area contributed by atoms with Crippen LogP contribution in [0.3, 0.4) is 0 Å². The molecule has 1 atom stereocenters. The molecule has 0 spiro atoms. The van der Waals surface area contributed by atoms with Crippen LogP contribution in [0.25, 0.3) is 0 Å². The lowest BCUT2D eigenvalue weighted by molar-refractivity contribution is 0.315. The summed E-state index contributed by atoms with van der Waals surface area (Å²) in [5.41, 5.74) is 6.50. The number of hydrogen-bond donors (Lipinski definition) is 3. The summed E-state index contributed by atoms with van der Waals surface area (Å²) < 4.78 is 0. The normalized spacial score (nSPS) is 14.1. The minimum Gasteiger partial charge on any atom is -0.409 e. The molecule has 1 aromatic rings. The van der Waals surface area contributed by atoms with Gasteiger partial charge in [-0.15, -0.1) is 11.3 Å². The Bertz CT molecular complexity index is 337. The van der Waals surface area contributed by atoms with Gasteiger partial charge >= 0.3 is 0 Å². The first kappa shape index (κ1) is 11.9. The summed E-state index contributed by atoms with van der Waals surface area (Å²) in [6, 6.07) is -0.116. The van der Waals surface area contributed by atoms with Crippen molar-refractivity contribution in [3.05, 3.63) is 16.1 Å². The first-order valence-electron chi connectivity index (χ1n) is 4.75. The molecule has 6 heteroatoms. The highest BCUT2D eigenvalue weighted by Gasteiger charge is 2.06. The summed E-state index contributed by atoms with van der Waals surface area (Å²) >= 11 is 1.65. The lowest BCUT2D eigenvalue weighted by atomic mass is 10.3. The van der Waals surface area contributed by atoms with Gasteiger partial charge in [0.25, 0.3) is 0 Å². The highest BCUT2D eigenvalue weighted by atomic mass is 32.1. The maximum atomic E-state index is 8.44. The van der Waals surface area contributed by atoms with Crippen LogP contribution in [0.2, 0.25) is 0 Å². The van der Waals surface area contributed by atoms with Crippen molar-refractivity contribution in [2.24, 2.45) is 10.9 Å². The molecule has 0 aliphatic rings. The number of oxime groups is 1. The Kier molecular flexibility index (Phi) is 4.51. The van der Waals surface area contributed by atoms with Crippen molar-refractivity contribution in [2.45, 2.75) is 26.3 Å². The standard InChI is InChI=1S/C9H16N4OS/c1-6(9(10)13-14)11-4-3-8-5-15-7(2)12-8/h5-6,11,14H,3-4H2,1-2H3,(H2,10,13). The number of nitrogens with two attached hydrogens (primary N) is 1. The smallest absolute Gasteiger partial charge is 0.156 e. The Balaban J connectivity index is 2.27. The zero-order valence-corrected chi connectivity index (χ0v) is 9.71. The summed E-state index contributed by atoms with van der Waals surface area (Å²) in [4.78, 5) is 4.34. The van der Waals surface area contributed by atoms with Crippen molar-refractivity contribution in [3.63, 3.8) is 0 Å². The van der Waals surface area contributed by atoms with E-state index in [-0.39, 0.29) is 11.9 Å². The highest BCUT2D eigenvalue weighted by molar-refractivity contribution is 7.09. The molecular formula is C9H16N4OS. The Morgan fingerprint density at radius 3 is 3.07 bits per heavy atom. The van der Waals surface area contributed by atoms with Crippen LogP contribution >= 0.6 is 11.3 Å². The number of aryl methyl sites for hydroxylation is 1. The van der Waals surface area contributed by atoms with E-state index < -0.39 is 0 Å². The Morgan fingerprint density at radius 2 is 2.53 bits per heavy atom. The van der Waals surface area contributed by atoms with E-state index >= 15 is 0 Å². The van der Waals surface area contributed by atoms with Gasteiger partial charge in [-0.2, -0.15) is 0 Å². The second-order valence-corrected chi connectivity index (χ2v) is 4.37. The molecular weight excluding hydrogens is 212 g/mol. The van der Waals surface area contributed by atoms with Gasteiger partial charge in [0.2, 0.25) is 0 Å². The largest absolute Gasteiger partial charge is 0.409 e. The van der Waals surface area contributed by atoms with Crippen LogP contribution in [-0.4, -0.2) is 28.6 Å². The molecule has 0 aliphatic carbocycles. The molecule has 0 bridgehead atoms. The van der Waals surface area contributed by atoms with E-state index in [4.69, 9.17) is 10.9 Å². The van der Waals surface area contributed by atoms with Gasteiger partial charge in [0.05, 0.1) is 16.7 Å². The van der Waals surface area contributed by atoms with Gasteiger partial charge in [-0.05, 0) is 13.8 Å². The van der Waals surface area contributed by atoms with Gasteiger partial charge in [0.1, 0.15) is 0 Å². The van der Waals surface area contributed by atoms with E-state index in [0.29, 0.717) is 0 Å². The van der Waals surface area contributed by atoms with E-state index in [2.05, 4.69) is 15.5 Å². The number of nitrogens with zero attached hydrogens (tertiary/aromatic N) is 2. The molecule has 0 aliphatic heterocycles. The van der Waals surface area contributed by atoms with E-state index in [1.54, 1.807) is 11.3 Å². The summed E-state index contributed by atoms with van der Waals surface area (Å²) in [6.45, 7) is 4.60. The maximum Gasteiger partial charge on any atom is 0.156 e. The van der Waals surface area contributed by atoms with Gasteiger partial charge in [-0.25, -0.2) is 4.98 Å². The van der Waals surface area contributed by atoms with Gasteiger partial charge in [-0.1, -0.05) is 5.16 Å². The van der Waals surface area contributed by atoms with Crippen molar-refractivity contribution in [1.82, 2.24) is 10.3 Å². The Labute approximate surface area is 93.0 Å². The molecule has 0 radical (unpaired) electrons. The summed E-state index contributed by atoms with van der Waals surface area (Å²) in [5, 5.41) is 17.6. The minimum absolute atomic E-state index is 0.116. The van der Waals surface area contributed by atoms with Crippen LogP contribution in [0.15, 0.2) is 10.5 Å². The number of aromatic nitrogens is 1. The molecule has 1 heterocycles. The second kappa shape index (κ2) is 5.67. The summed E-state index contributed by atoms with van der Waals surface area (Å²) in [6.07, 6.45) is 0.855. The van der Waals surface area contributed by atoms with Gasteiger partial charge in [0.15, 0.2) is 5.84 Å². The van der Waals surface area contributed by atoms with Crippen LogP contribution in [0.4, 0.5) is 0 Å². The van der Waals surface area contributed by atoms with Crippen molar-refractivity contribution in [2.75, 3.05) is 6.54 Å². The summed E-state index contributed by atoms with van der Waals surface area (Å²) in [5.74, 6) is 0.199. The fourth-order valence-corrected chi connectivity index (χ4v) is 1.78. The predicted octanol–water partition coefficient (Wildman–Crippen LogP) is 0.719. The first-order chi connectivity index (χ1) is 7.13. The highest BCUT2D eigenvalue weighted by Crippen LogP contribution is 2.07. The number of nitrogens with one attached hydrogen (secondary N) is 1. The van der Waals surface area contributed by atoms with Crippen molar-refractivity contribution < 1.29 is 5.21 Å². The quantitative estimate of drug-likeness (QED) is 0.300. The number of amidine groups is 1. The predicted molar refractivity (Wildman–Crippen MR) is 61.4 cm³/mol. The molecule has 1 aromatic heterocycles. The molecule has 84 valence electrons. The second-order valence-electron chi connectivity index (χ2n) is 3.31. The average molecular weight is 228 g/mol. The fraction of sp³-hybridized carbons (Fsp3) is 0.556. The molecule has 0 amide bonds. The van der Waals surface area contributed by atoms with E-state index in [1.165, 1.54) is 0 Å². The third-order valence-electron chi connectivity index (χ3n) is 2.06. The lowest BCUT2D eigenvalue weighted by Crippen LogP contribution is -2.39. The van der Waals surface area contributed by atoms with Crippen molar-refractivity contribution in [3.8, 4) is 0 Å². The van der Waals surface area contributed by atoms with Crippen molar-refractivity contribution in [1.29, 1.82) is 0 Å². The molecule has 4 N–H and O–H groups in total. The van der Waals surface area contributed by atoms with Crippen molar-refractivity contribution >= 4 is 17.2 Å². The Hall–Kier alpha value is -1.14. The molecule has 0 saturated carbocycles. The maximum absolute atomic E-state index is 8.44. The van der Waals surface area contributed by atoms with E-state index in [1.807, 2.05) is 19.2 Å². The van der Waals surface area contributed by atoms with Crippen LogP contribution in [0, 0.1) is 6.92 Å². The minimum atomic E-state index is -0.116. The zero-order valence-electron chi connectivity index (χ0n) is 8.90. The molecule has 0 aromatic carbocycles. The van der Waals surface area contributed by atoms with Gasteiger partial charge < -0.3 is 16.3 Å². The third kappa shape index (κ3) is 3.85. The van der Waals surface area contributed by atoms with Crippen LogP contribution < -0.4 is 11.1 Å². The Morgan fingerprint density at radius 1 is 1.80 bits per heavy atom. The summed E-state index contributed by atoms with van der Waals surface area (Å²) in [7, 11) is 0. The van der Waals surface area contributed by atoms with Crippen LogP contribution in [0.5, 0.6) is 0 Å². The monoisotopic (exact) mass is 228 g/mol. The number of rotatable bonds is 5. The molecule has 1 rings (SSSR count). The lowest BCUT2D eigenvalue weighted by Gasteiger charge is -2.10. The topological polar surface area (TPSA) is 83.5 Å². The molecule has 15 heavy (non-hydrogen) atoms. The SMILES string of the molecule is Cc1nc(CCNC(C)C(N)=NO)cs1. The molecule has 5 nitrogen and oxygen atoms in total. The van der Waals surface area contributed by atoms with Crippen LogP contribution in [0.1, 0.15) is 17.6 Å². The number of hydrogen-bond acceptors (Lipinski definition) is 5. The third-order valence-corrected chi connectivity index (χ3v) is 2.88. The van der Waals surface area contributed by atoms with E-state index in [0.717, 1.165) is 23.7 Å². The van der Waals surface area contributed by atoms with E-state index in [9.17, 15) is 0 Å². The molecule has 0 fully saturated rings. The average Bonchev–Trinajstić information content (AvgIpc) is 2.63. The zero-order chi connectivity index (χ0) is 11.3. The van der Waals surface area contributed by atoms with Gasteiger partial charge in [0, 0.05) is 18.3 Å². The van der Waals surface area contributed by atoms with Gasteiger partial charge in [-0.3, -0.25) is 0 Å².